The maximum absolute atomic E-state index is 11.6. The number of hydrogen-bond acceptors (Lipinski definition) is 4. The van der Waals surface area contributed by atoms with Crippen LogP contribution in [0.4, 0.5) is 0 Å². The molecule has 19 heavy (non-hydrogen) atoms. The van der Waals surface area contributed by atoms with E-state index in [-0.39, 0.29) is 17.9 Å². The van der Waals surface area contributed by atoms with Crippen molar-refractivity contribution in [3.63, 3.8) is 0 Å². The summed E-state index contributed by atoms with van der Waals surface area (Å²) in [5, 5.41) is 1.08. The van der Waals surface area contributed by atoms with Gasteiger partial charge in [-0.25, -0.2) is 8.42 Å². The molecule has 106 valence electrons. The van der Waals surface area contributed by atoms with Gasteiger partial charge in [-0.05, 0) is 18.2 Å². The molecule has 0 aliphatic rings. The van der Waals surface area contributed by atoms with Gasteiger partial charge in [-0.15, -0.1) is 11.8 Å². The lowest BCUT2D eigenvalue weighted by atomic mass is 10.4. The molecule has 0 fully saturated rings. The van der Waals surface area contributed by atoms with Crippen LogP contribution in [0.15, 0.2) is 23.1 Å². The van der Waals surface area contributed by atoms with E-state index in [2.05, 4.69) is 0 Å². The molecular weight excluding hydrogens is 329 g/mol. The van der Waals surface area contributed by atoms with E-state index in [9.17, 15) is 13.2 Å². The fraction of sp³-hybridized carbons (Fsp3) is 0.364. The number of sulfone groups is 1. The van der Waals surface area contributed by atoms with Gasteiger partial charge in [-0.3, -0.25) is 4.79 Å². The fourth-order valence-electron chi connectivity index (χ4n) is 1.22. The second-order valence-corrected chi connectivity index (χ2v) is 8.08. The van der Waals surface area contributed by atoms with Gasteiger partial charge in [0.05, 0.1) is 16.5 Å². The van der Waals surface area contributed by atoms with Crippen molar-refractivity contribution < 1.29 is 13.2 Å². The number of primary amides is 1. The Morgan fingerprint density at radius 1 is 1.26 bits per heavy atom. The maximum atomic E-state index is 11.6. The Hall–Kier alpha value is -0.430. The molecule has 0 unspecified atom stereocenters. The summed E-state index contributed by atoms with van der Waals surface area (Å²) in [6, 6.07) is 5.01. The highest BCUT2D eigenvalue weighted by atomic mass is 35.5. The molecule has 0 saturated heterocycles. The summed E-state index contributed by atoms with van der Waals surface area (Å²) in [4.78, 5) is 11.3. The maximum Gasteiger partial charge on any atom is 0.218 e. The highest BCUT2D eigenvalue weighted by Gasteiger charge is 2.13. The zero-order chi connectivity index (χ0) is 14.5. The first kappa shape index (κ1) is 16.6. The van der Waals surface area contributed by atoms with Gasteiger partial charge in [0.1, 0.15) is 0 Å². The highest BCUT2D eigenvalue weighted by molar-refractivity contribution is 8.00. The van der Waals surface area contributed by atoms with Crippen LogP contribution in [0.1, 0.15) is 6.42 Å². The predicted octanol–water partition coefficient (Wildman–Crippen LogP) is 2.38. The van der Waals surface area contributed by atoms with Gasteiger partial charge in [0, 0.05) is 22.1 Å². The summed E-state index contributed by atoms with van der Waals surface area (Å²) in [6.45, 7) is 0. The Morgan fingerprint density at radius 3 is 2.58 bits per heavy atom. The number of halogens is 2. The van der Waals surface area contributed by atoms with E-state index in [4.69, 9.17) is 28.9 Å². The molecule has 2 N–H and O–H groups in total. The molecule has 1 amide bonds. The number of rotatable bonds is 7. The van der Waals surface area contributed by atoms with Crippen LogP contribution in [0.3, 0.4) is 0 Å². The van der Waals surface area contributed by atoms with Gasteiger partial charge in [-0.2, -0.15) is 0 Å². The van der Waals surface area contributed by atoms with Crippen LogP contribution in [0.5, 0.6) is 0 Å². The standard InChI is InChI=1S/C11H13Cl2NO3S2/c12-8-1-2-9(13)10(7-8)18-4-6-19(16,17)5-3-11(14)15/h1-2,7H,3-6H2,(H2,14,15). The number of carbonyl (C=O) groups is 1. The van der Waals surface area contributed by atoms with Crippen LogP contribution in [0, 0.1) is 0 Å². The third-order valence-corrected chi connectivity index (χ3v) is 5.85. The van der Waals surface area contributed by atoms with Gasteiger partial charge in [-0.1, -0.05) is 23.2 Å². The van der Waals surface area contributed by atoms with Crippen LogP contribution in [0.2, 0.25) is 10.0 Å². The van der Waals surface area contributed by atoms with E-state index in [0.717, 1.165) is 4.90 Å². The van der Waals surface area contributed by atoms with Crippen molar-refractivity contribution in [1.29, 1.82) is 0 Å². The first-order valence-corrected chi connectivity index (χ1v) is 8.93. The number of carbonyl (C=O) groups excluding carboxylic acids is 1. The topological polar surface area (TPSA) is 77.2 Å². The molecule has 8 heteroatoms. The predicted molar refractivity (Wildman–Crippen MR) is 79.7 cm³/mol. The minimum Gasteiger partial charge on any atom is -0.370 e. The Labute approximate surface area is 126 Å². The monoisotopic (exact) mass is 341 g/mol. The molecule has 0 heterocycles. The molecule has 1 aromatic carbocycles. The molecule has 0 radical (unpaired) electrons. The summed E-state index contributed by atoms with van der Waals surface area (Å²) in [5.41, 5.74) is 4.92. The Balaban J connectivity index is 2.49. The van der Waals surface area contributed by atoms with Crippen LogP contribution in [-0.4, -0.2) is 31.6 Å². The van der Waals surface area contributed by atoms with Crippen LogP contribution in [0.25, 0.3) is 0 Å². The average molecular weight is 342 g/mol. The summed E-state index contributed by atoms with van der Waals surface area (Å²) in [7, 11) is -3.27. The Bertz CT molecular complexity index is 561. The van der Waals surface area contributed by atoms with Crippen molar-refractivity contribution in [3.05, 3.63) is 28.2 Å². The number of amides is 1. The number of thioether (sulfide) groups is 1. The van der Waals surface area contributed by atoms with Gasteiger partial charge in [0.15, 0.2) is 9.84 Å². The quantitative estimate of drug-likeness (QED) is 0.772. The lowest BCUT2D eigenvalue weighted by Crippen LogP contribution is -2.19. The molecule has 0 aliphatic carbocycles. The third-order valence-electron chi connectivity index (χ3n) is 2.20. The van der Waals surface area contributed by atoms with Gasteiger partial charge in [0.2, 0.25) is 5.91 Å². The van der Waals surface area contributed by atoms with E-state index >= 15 is 0 Å². The minimum atomic E-state index is -3.27. The summed E-state index contributed by atoms with van der Waals surface area (Å²) in [6.07, 6.45) is -0.148. The molecule has 0 saturated carbocycles. The molecule has 0 atom stereocenters. The SMILES string of the molecule is NC(=O)CCS(=O)(=O)CCSc1cc(Cl)ccc1Cl. The highest BCUT2D eigenvalue weighted by Crippen LogP contribution is 2.29. The second-order valence-electron chi connectivity index (χ2n) is 3.79. The lowest BCUT2D eigenvalue weighted by molar-refractivity contribution is -0.117. The number of nitrogens with two attached hydrogens (primary N) is 1. The Kier molecular flexibility index (Phi) is 6.46. The molecule has 0 spiro atoms. The molecule has 0 bridgehead atoms. The summed E-state index contributed by atoms with van der Waals surface area (Å²) in [5.74, 6) is -0.518. The zero-order valence-corrected chi connectivity index (χ0v) is 13.1. The van der Waals surface area contributed by atoms with E-state index < -0.39 is 15.7 Å². The molecule has 1 rings (SSSR count). The summed E-state index contributed by atoms with van der Waals surface area (Å²) < 4.78 is 23.2. The Morgan fingerprint density at radius 2 is 1.95 bits per heavy atom. The summed E-state index contributed by atoms with van der Waals surface area (Å²) >= 11 is 13.1. The largest absolute Gasteiger partial charge is 0.370 e. The fourth-order valence-corrected chi connectivity index (χ4v) is 4.44. The normalized spacial score (nSPS) is 11.5. The van der Waals surface area contributed by atoms with E-state index in [1.807, 2.05) is 0 Å². The van der Waals surface area contributed by atoms with Crippen LogP contribution in [-0.2, 0) is 14.6 Å². The van der Waals surface area contributed by atoms with Crippen molar-refractivity contribution in [2.24, 2.45) is 5.73 Å². The lowest BCUT2D eigenvalue weighted by Gasteiger charge is -2.05. The van der Waals surface area contributed by atoms with E-state index in [0.29, 0.717) is 15.8 Å². The number of benzene rings is 1. The van der Waals surface area contributed by atoms with Crippen molar-refractivity contribution in [3.8, 4) is 0 Å². The van der Waals surface area contributed by atoms with Crippen molar-refractivity contribution >= 4 is 50.7 Å². The minimum absolute atomic E-state index is 0.0339. The van der Waals surface area contributed by atoms with E-state index in [1.165, 1.54) is 11.8 Å². The van der Waals surface area contributed by atoms with Gasteiger partial charge >= 0.3 is 0 Å². The molecule has 0 aliphatic heterocycles. The molecular formula is C11H13Cl2NO3S2. The molecule has 1 aromatic rings. The van der Waals surface area contributed by atoms with Crippen LogP contribution >= 0.6 is 35.0 Å². The number of hydrogen-bond donors (Lipinski definition) is 1. The zero-order valence-electron chi connectivity index (χ0n) is 9.93. The average Bonchev–Trinajstić information content (AvgIpc) is 2.31. The van der Waals surface area contributed by atoms with Crippen molar-refractivity contribution in [2.45, 2.75) is 11.3 Å². The van der Waals surface area contributed by atoms with Crippen molar-refractivity contribution in [2.75, 3.05) is 17.3 Å². The van der Waals surface area contributed by atoms with Crippen molar-refractivity contribution in [1.82, 2.24) is 0 Å². The first-order valence-electron chi connectivity index (χ1n) is 5.37. The van der Waals surface area contributed by atoms with Crippen LogP contribution < -0.4 is 5.73 Å². The first-order chi connectivity index (χ1) is 8.80. The van der Waals surface area contributed by atoms with E-state index in [1.54, 1.807) is 18.2 Å². The molecule has 4 nitrogen and oxygen atoms in total. The smallest absolute Gasteiger partial charge is 0.218 e. The van der Waals surface area contributed by atoms with Gasteiger partial charge < -0.3 is 5.73 Å². The van der Waals surface area contributed by atoms with Gasteiger partial charge in [0.25, 0.3) is 0 Å². The second kappa shape index (κ2) is 7.38. The molecule has 0 aromatic heterocycles. The third kappa shape index (κ3) is 6.51.